The van der Waals surface area contributed by atoms with Crippen molar-refractivity contribution < 1.29 is 19.1 Å². The molecule has 0 aromatic heterocycles. The molecule has 2 aliphatic rings. The molecule has 94 valence electrons. The number of esters is 1. The third-order valence-electron chi connectivity index (χ3n) is 3.63. The zero-order valence-electron chi connectivity index (χ0n) is 10.1. The molecule has 0 amide bonds. The molecule has 0 bridgehead atoms. The van der Waals surface area contributed by atoms with Crippen LogP contribution in [0.5, 0.6) is 0 Å². The predicted molar refractivity (Wildman–Crippen MR) is 61.2 cm³/mol. The van der Waals surface area contributed by atoms with Crippen LogP contribution in [0.3, 0.4) is 0 Å². The standard InChI is InChI=1S/C13H18O4/c1-16-13(15)10-8-17-12(7-11(10)14)9-5-3-2-4-6-9/h8-9,12H,2-7H2,1H3/t12-/m1/s1. The van der Waals surface area contributed by atoms with Gasteiger partial charge in [0.05, 0.1) is 7.11 Å². The van der Waals surface area contributed by atoms with Crippen LogP contribution in [0.25, 0.3) is 0 Å². The monoisotopic (exact) mass is 238 g/mol. The van der Waals surface area contributed by atoms with Crippen LogP contribution < -0.4 is 0 Å². The molecule has 0 aromatic rings. The van der Waals surface area contributed by atoms with Crippen molar-refractivity contribution in [3.05, 3.63) is 11.8 Å². The Bertz CT molecular complexity index is 339. The van der Waals surface area contributed by atoms with Gasteiger partial charge < -0.3 is 9.47 Å². The van der Waals surface area contributed by atoms with Crippen molar-refractivity contribution in [3.8, 4) is 0 Å². The average Bonchev–Trinajstić information content (AvgIpc) is 2.39. The normalized spacial score (nSPS) is 26.1. The van der Waals surface area contributed by atoms with E-state index in [1.165, 1.54) is 32.6 Å². The molecule has 4 heteroatoms. The van der Waals surface area contributed by atoms with Gasteiger partial charge in [0.2, 0.25) is 0 Å². The summed E-state index contributed by atoms with van der Waals surface area (Å²) >= 11 is 0. The minimum Gasteiger partial charge on any atom is -0.496 e. The smallest absolute Gasteiger partial charge is 0.344 e. The number of hydrogen-bond donors (Lipinski definition) is 0. The third kappa shape index (κ3) is 2.68. The second kappa shape index (κ2) is 5.34. The molecule has 1 heterocycles. The van der Waals surface area contributed by atoms with Crippen molar-refractivity contribution in [2.24, 2.45) is 5.92 Å². The van der Waals surface area contributed by atoms with Gasteiger partial charge in [-0.2, -0.15) is 0 Å². The van der Waals surface area contributed by atoms with Crippen molar-refractivity contribution in [2.75, 3.05) is 7.11 Å². The first-order valence-corrected chi connectivity index (χ1v) is 6.19. The zero-order valence-corrected chi connectivity index (χ0v) is 10.1. The molecule has 0 unspecified atom stereocenters. The number of Topliss-reactive ketones (excluding diaryl/α,β-unsaturated/α-hetero) is 1. The SMILES string of the molecule is COC(=O)C1=CO[C@@H](C2CCCCC2)CC1=O. The van der Waals surface area contributed by atoms with Gasteiger partial charge in [0.25, 0.3) is 0 Å². The second-order valence-electron chi connectivity index (χ2n) is 4.72. The summed E-state index contributed by atoms with van der Waals surface area (Å²) in [7, 11) is 1.27. The lowest BCUT2D eigenvalue weighted by atomic mass is 9.82. The zero-order chi connectivity index (χ0) is 12.3. The highest BCUT2D eigenvalue weighted by atomic mass is 16.5. The Kier molecular flexibility index (Phi) is 3.82. The lowest BCUT2D eigenvalue weighted by Gasteiger charge is -2.31. The topological polar surface area (TPSA) is 52.6 Å². The molecule has 0 aromatic carbocycles. The molecule has 0 saturated heterocycles. The highest BCUT2D eigenvalue weighted by molar-refractivity contribution is 6.17. The van der Waals surface area contributed by atoms with E-state index in [0.29, 0.717) is 12.3 Å². The van der Waals surface area contributed by atoms with E-state index in [0.717, 1.165) is 12.8 Å². The van der Waals surface area contributed by atoms with Crippen molar-refractivity contribution in [1.82, 2.24) is 0 Å². The first-order chi connectivity index (χ1) is 8.22. The summed E-state index contributed by atoms with van der Waals surface area (Å²) < 4.78 is 10.1. The molecule has 1 saturated carbocycles. The van der Waals surface area contributed by atoms with Crippen LogP contribution in [-0.4, -0.2) is 25.0 Å². The Labute approximate surface area is 101 Å². The molecule has 4 nitrogen and oxygen atoms in total. The summed E-state index contributed by atoms with van der Waals surface area (Å²) in [6, 6.07) is 0. The minimum atomic E-state index is -0.600. The van der Waals surface area contributed by atoms with Crippen molar-refractivity contribution in [3.63, 3.8) is 0 Å². The van der Waals surface area contributed by atoms with Gasteiger partial charge in [-0.1, -0.05) is 19.3 Å². The number of carbonyl (C=O) groups excluding carboxylic acids is 2. The van der Waals surface area contributed by atoms with Crippen LogP contribution in [0.4, 0.5) is 0 Å². The molecule has 2 rings (SSSR count). The van der Waals surface area contributed by atoms with Gasteiger partial charge in [0.1, 0.15) is 17.9 Å². The Balaban J connectivity index is 2.00. The molecule has 1 atom stereocenters. The van der Waals surface area contributed by atoms with Crippen LogP contribution in [0, 0.1) is 5.92 Å². The Morgan fingerprint density at radius 1 is 1.35 bits per heavy atom. The van der Waals surface area contributed by atoms with E-state index >= 15 is 0 Å². The highest BCUT2D eigenvalue weighted by Gasteiger charge is 2.33. The molecule has 17 heavy (non-hydrogen) atoms. The van der Waals surface area contributed by atoms with Crippen molar-refractivity contribution in [2.45, 2.75) is 44.6 Å². The number of carbonyl (C=O) groups is 2. The maximum Gasteiger partial charge on any atom is 0.344 e. The van der Waals surface area contributed by atoms with Crippen LogP contribution in [0.1, 0.15) is 38.5 Å². The number of ether oxygens (including phenoxy) is 2. The average molecular weight is 238 g/mol. The van der Waals surface area contributed by atoms with E-state index in [-0.39, 0.29) is 17.5 Å². The van der Waals surface area contributed by atoms with Gasteiger partial charge in [-0.15, -0.1) is 0 Å². The van der Waals surface area contributed by atoms with Crippen LogP contribution in [0.2, 0.25) is 0 Å². The summed E-state index contributed by atoms with van der Waals surface area (Å²) in [5, 5.41) is 0. The second-order valence-corrected chi connectivity index (χ2v) is 4.72. The Hall–Kier alpha value is -1.32. The quantitative estimate of drug-likeness (QED) is 0.545. The summed E-state index contributed by atoms with van der Waals surface area (Å²) in [6.45, 7) is 0. The van der Waals surface area contributed by atoms with Crippen LogP contribution >= 0.6 is 0 Å². The molecular formula is C13H18O4. The molecule has 1 aliphatic carbocycles. The third-order valence-corrected chi connectivity index (χ3v) is 3.63. The van der Waals surface area contributed by atoms with E-state index in [1.807, 2.05) is 0 Å². The Morgan fingerprint density at radius 2 is 2.06 bits per heavy atom. The van der Waals surface area contributed by atoms with E-state index in [2.05, 4.69) is 4.74 Å². The first kappa shape index (κ1) is 12.1. The molecule has 0 N–H and O–H groups in total. The van der Waals surface area contributed by atoms with Gasteiger partial charge in [-0.3, -0.25) is 4.79 Å². The summed E-state index contributed by atoms with van der Waals surface area (Å²) in [5.74, 6) is -0.293. The van der Waals surface area contributed by atoms with Gasteiger partial charge in [0, 0.05) is 6.42 Å². The largest absolute Gasteiger partial charge is 0.496 e. The van der Waals surface area contributed by atoms with Crippen molar-refractivity contribution in [1.29, 1.82) is 0 Å². The maximum atomic E-state index is 11.8. The fourth-order valence-electron chi connectivity index (χ4n) is 2.62. The van der Waals surface area contributed by atoms with Crippen LogP contribution in [0.15, 0.2) is 11.8 Å². The van der Waals surface area contributed by atoms with E-state index in [4.69, 9.17) is 4.74 Å². The van der Waals surface area contributed by atoms with Crippen molar-refractivity contribution >= 4 is 11.8 Å². The Morgan fingerprint density at radius 3 is 2.65 bits per heavy atom. The van der Waals surface area contributed by atoms with E-state index < -0.39 is 5.97 Å². The summed E-state index contributed by atoms with van der Waals surface area (Å²) in [4.78, 5) is 23.1. The fraction of sp³-hybridized carbons (Fsp3) is 0.692. The highest BCUT2D eigenvalue weighted by Crippen LogP contribution is 2.32. The summed E-state index contributed by atoms with van der Waals surface area (Å²) in [5.41, 5.74) is 0.0413. The van der Waals surface area contributed by atoms with Gasteiger partial charge in [0.15, 0.2) is 5.78 Å². The lowest BCUT2D eigenvalue weighted by Crippen LogP contribution is -2.32. The molecule has 1 aliphatic heterocycles. The van der Waals surface area contributed by atoms with E-state index in [9.17, 15) is 9.59 Å². The fourth-order valence-corrected chi connectivity index (χ4v) is 2.62. The lowest BCUT2D eigenvalue weighted by molar-refractivity contribution is -0.139. The number of rotatable bonds is 2. The molecule has 0 spiro atoms. The van der Waals surface area contributed by atoms with E-state index in [1.54, 1.807) is 0 Å². The van der Waals surface area contributed by atoms with Gasteiger partial charge >= 0.3 is 5.97 Å². The van der Waals surface area contributed by atoms with Gasteiger partial charge in [-0.25, -0.2) is 4.79 Å². The summed E-state index contributed by atoms with van der Waals surface area (Å²) in [6.07, 6.45) is 7.51. The number of ketones is 1. The molecular weight excluding hydrogens is 220 g/mol. The molecule has 0 radical (unpaired) electrons. The number of hydrogen-bond acceptors (Lipinski definition) is 4. The maximum absolute atomic E-state index is 11.8. The van der Waals surface area contributed by atoms with Gasteiger partial charge in [-0.05, 0) is 18.8 Å². The number of methoxy groups -OCH3 is 1. The van der Waals surface area contributed by atoms with Crippen LogP contribution in [-0.2, 0) is 19.1 Å². The first-order valence-electron chi connectivity index (χ1n) is 6.19. The minimum absolute atomic E-state index is 0.0413. The predicted octanol–water partition coefficient (Wildman–Crippen LogP) is 1.98. The molecule has 1 fully saturated rings.